The summed E-state index contributed by atoms with van der Waals surface area (Å²) in [6.45, 7) is 0.462. The number of rotatable bonds is 4. The molecule has 0 atom stereocenters. The first-order valence-corrected chi connectivity index (χ1v) is 7.98. The quantitative estimate of drug-likeness (QED) is 0.725. The van der Waals surface area contributed by atoms with Crippen LogP contribution in [0.4, 0.5) is 10.5 Å². The summed E-state index contributed by atoms with van der Waals surface area (Å²) in [5.41, 5.74) is 1.74. The SMILES string of the molecule is O=C(NCc1ccsc1-n1cccc1)Nc1cccc(Cl)c1. The van der Waals surface area contributed by atoms with E-state index in [2.05, 4.69) is 10.6 Å². The zero-order chi connectivity index (χ0) is 15.4. The first kappa shape index (κ1) is 14.7. The van der Waals surface area contributed by atoms with Gasteiger partial charge in [0.1, 0.15) is 5.00 Å². The fraction of sp³-hybridized carbons (Fsp3) is 0.0625. The minimum Gasteiger partial charge on any atom is -0.334 e. The van der Waals surface area contributed by atoms with Crippen LogP contribution in [0.15, 0.2) is 60.2 Å². The van der Waals surface area contributed by atoms with Gasteiger partial charge >= 0.3 is 6.03 Å². The molecule has 2 N–H and O–H groups in total. The molecule has 112 valence electrons. The Morgan fingerprint density at radius 3 is 2.77 bits per heavy atom. The number of anilines is 1. The van der Waals surface area contributed by atoms with Gasteiger partial charge in [0.25, 0.3) is 0 Å². The van der Waals surface area contributed by atoms with Crippen molar-refractivity contribution in [1.29, 1.82) is 0 Å². The molecule has 22 heavy (non-hydrogen) atoms. The van der Waals surface area contributed by atoms with Crippen molar-refractivity contribution in [2.24, 2.45) is 0 Å². The van der Waals surface area contributed by atoms with E-state index in [-0.39, 0.29) is 6.03 Å². The number of carbonyl (C=O) groups excluding carboxylic acids is 1. The van der Waals surface area contributed by atoms with E-state index in [1.54, 1.807) is 35.6 Å². The molecule has 0 unspecified atom stereocenters. The summed E-state index contributed by atoms with van der Waals surface area (Å²) in [7, 11) is 0. The summed E-state index contributed by atoms with van der Waals surface area (Å²) in [5, 5.41) is 9.33. The van der Waals surface area contributed by atoms with Crippen molar-refractivity contribution in [3.8, 4) is 5.00 Å². The lowest BCUT2D eigenvalue weighted by atomic mass is 10.3. The Balaban J connectivity index is 1.61. The molecule has 6 heteroatoms. The van der Waals surface area contributed by atoms with Crippen LogP contribution in [0.2, 0.25) is 5.02 Å². The lowest BCUT2D eigenvalue weighted by Crippen LogP contribution is -2.28. The standard InChI is InChI=1S/C16H14ClN3OS/c17-13-4-3-5-14(10-13)19-16(21)18-11-12-6-9-22-15(12)20-7-1-2-8-20/h1-10H,11H2,(H2,18,19,21). The normalized spacial score (nSPS) is 10.4. The maximum Gasteiger partial charge on any atom is 0.319 e. The summed E-state index contributed by atoms with van der Waals surface area (Å²) < 4.78 is 2.04. The maximum atomic E-state index is 11.9. The first-order chi connectivity index (χ1) is 10.7. The van der Waals surface area contributed by atoms with E-state index in [0.717, 1.165) is 10.6 Å². The minimum absolute atomic E-state index is 0.257. The third kappa shape index (κ3) is 3.50. The van der Waals surface area contributed by atoms with E-state index >= 15 is 0 Å². The summed E-state index contributed by atoms with van der Waals surface area (Å²) >= 11 is 7.53. The molecule has 2 amide bonds. The van der Waals surface area contributed by atoms with Crippen molar-refractivity contribution >= 4 is 34.7 Å². The number of thiophene rings is 1. The summed E-state index contributed by atoms with van der Waals surface area (Å²) in [6, 6.07) is 12.8. The third-order valence-corrected chi connectivity index (χ3v) is 4.29. The number of hydrogen-bond donors (Lipinski definition) is 2. The van der Waals surface area contributed by atoms with Crippen LogP contribution >= 0.6 is 22.9 Å². The Morgan fingerprint density at radius 2 is 2.00 bits per heavy atom. The van der Waals surface area contributed by atoms with Crippen LogP contribution in [-0.4, -0.2) is 10.6 Å². The second kappa shape index (κ2) is 6.68. The van der Waals surface area contributed by atoms with E-state index in [1.807, 2.05) is 40.5 Å². The second-order valence-electron chi connectivity index (χ2n) is 4.66. The molecule has 3 aromatic rings. The highest BCUT2D eigenvalue weighted by molar-refractivity contribution is 7.12. The lowest BCUT2D eigenvalue weighted by molar-refractivity contribution is 0.252. The van der Waals surface area contributed by atoms with Gasteiger partial charge in [0, 0.05) is 35.2 Å². The Kier molecular flexibility index (Phi) is 4.46. The number of aromatic nitrogens is 1. The van der Waals surface area contributed by atoms with Gasteiger partial charge in [-0.05, 0) is 41.8 Å². The van der Waals surface area contributed by atoms with Gasteiger partial charge < -0.3 is 15.2 Å². The Labute approximate surface area is 137 Å². The van der Waals surface area contributed by atoms with Gasteiger partial charge in [0.2, 0.25) is 0 Å². The van der Waals surface area contributed by atoms with Crippen LogP contribution in [0.3, 0.4) is 0 Å². The van der Waals surface area contributed by atoms with Gasteiger partial charge in [-0.3, -0.25) is 0 Å². The van der Waals surface area contributed by atoms with Crippen molar-refractivity contribution in [1.82, 2.24) is 9.88 Å². The molecule has 0 radical (unpaired) electrons. The Morgan fingerprint density at radius 1 is 1.18 bits per heavy atom. The van der Waals surface area contributed by atoms with Crippen LogP contribution in [0.25, 0.3) is 5.00 Å². The maximum absolute atomic E-state index is 11.9. The fourth-order valence-electron chi connectivity index (χ4n) is 2.08. The van der Waals surface area contributed by atoms with Gasteiger partial charge in [-0.15, -0.1) is 11.3 Å². The van der Waals surface area contributed by atoms with Gasteiger partial charge in [-0.25, -0.2) is 4.79 Å². The Hall–Kier alpha value is -2.24. The average Bonchev–Trinajstić information content (AvgIpc) is 3.16. The zero-order valence-electron chi connectivity index (χ0n) is 11.6. The number of nitrogens with zero attached hydrogens (tertiary/aromatic N) is 1. The van der Waals surface area contributed by atoms with Crippen molar-refractivity contribution in [2.45, 2.75) is 6.54 Å². The third-order valence-electron chi connectivity index (χ3n) is 3.08. The monoisotopic (exact) mass is 331 g/mol. The van der Waals surface area contributed by atoms with Crippen LogP contribution in [0.1, 0.15) is 5.56 Å². The van der Waals surface area contributed by atoms with Crippen LogP contribution in [0, 0.1) is 0 Å². The molecule has 0 aliphatic carbocycles. The zero-order valence-corrected chi connectivity index (χ0v) is 13.2. The molecule has 2 aromatic heterocycles. The second-order valence-corrected chi connectivity index (χ2v) is 5.99. The van der Waals surface area contributed by atoms with E-state index in [9.17, 15) is 4.79 Å². The molecule has 0 saturated heterocycles. The minimum atomic E-state index is -0.257. The van der Waals surface area contributed by atoms with E-state index in [0.29, 0.717) is 17.3 Å². The van der Waals surface area contributed by atoms with Gasteiger partial charge in [0.05, 0.1) is 0 Å². The highest BCUT2D eigenvalue weighted by atomic mass is 35.5. The average molecular weight is 332 g/mol. The van der Waals surface area contributed by atoms with Crippen LogP contribution in [-0.2, 0) is 6.54 Å². The molecule has 0 aliphatic rings. The van der Waals surface area contributed by atoms with E-state index < -0.39 is 0 Å². The van der Waals surface area contributed by atoms with Gasteiger partial charge in [-0.1, -0.05) is 17.7 Å². The number of nitrogens with one attached hydrogen (secondary N) is 2. The summed E-state index contributed by atoms with van der Waals surface area (Å²) in [5.74, 6) is 0. The molecular weight excluding hydrogens is 318 g/mol. The van der Waals surface area contributed by atoms with Crippen LogP contribution in [0.5, 0.6) is 0 Å². The first-order valence-electron chi connectivity index (χ1n) is 6.72. The largest absolute Gasteiger partial charge is 0.334 e. The lowest BCUT2D eigenvalue weighted by Gasteiger charge is -2.09. The number of carbonyl (C=O) groups is 1. The topological polar surface area (TPSA) is 46.1 Å². The fourth-order valence-corrected chi connectivity index (χ4v) is 3.16. The predicted octanol–water partition coefficient (Wildman–Crippen LogP) is 4.51. The van der Waals surface area contributed by atoms with Gasteiger partial charge in [0.15, 0.2) is 0 Å². The highest BCUT2D eigenvalue weighted by Gasteiger charge is 2.08. The molecule has 4 nitrogen and oxygen atoms in total. The number of urea groups is 1. The number of hydrogen-bond acceptors (Lipinski definition) is 2. The van der Waals surface area contributed by atoms with Crippen molar-refractivity contribution in [3.05, 3.63) is 70.8 Å². The number of benzene rings is 1. The smallest absolute Gasteiger partial charge is 0.319 e. The molecule has 3 rings (SSSR count). The molecule has 0 fully saturated rings. The summed E-state index contributed by atoms with van der Waals surface area (Å²) in [6.07, 6.45) is 3.97. The van der Waals surface area contributed by atoms with E-state index in [1.165, 1.54) is 0 Å². The summed E-state index contributed by atoms with van der Waals surface area (Å²) in [4.78, 5) is 11.9. The molecule has 0 spiro atoms. The molecule has 0 saturated carbocycles. The van der Waals surface area contributed by atoms with E-state index in [4.69, 9.17) is 11.6 Å². The number of halogens is 1. The highest BCUT2D eigenvalue weighted by Crippen LogP contribution is 2.22. The molecule has 0 bridgehead atoms. The van der Waals surface area contributed by atoms with Crippen molar-refractivity contribution < 1.29 is 4.79 Å². The number of amides is 2. The molecule has 2 heterocycles. The Bertz CT molecular complexity index is 767. The van der Waals surface area contributed by atoms with Crippen LogP contribution < -0.4 is 10.6 Å². The molecule has 1 aromatic carbocycles. The molecule has 0 aliphatic heterocycles. The van der Waals surface area contributed by atoms with Gasteiger partial charge in [-0.2, -0.15) is 0 Å². The van der Waals surface area contributed by atoms with Crippen molar-refractivity contribution in [2.75, 3.05) is 5.32 Å². The van der Waals surface area contributed by atoms with Crippen molar-refractivity contribution in [3.63, 3.8) is 0 Å². The predicted molar refractivity (Wildman–Crippen MR) is 91.0 cm³/mol. The molecular formula is C16H14ClN3OS.